The third-order valence-corrected chi connectivity index (χ3v) is 3.56. The highest BCUT2D eigenvalue weighted by atomic mass is 79.9. The molecule has 2 rings (SSSR count). The van der Waals surface area contributed by atoms with Crippen LogP contribution in [-0.4, -0.2) is 17.9 Å². The quantitative estimate of drug-likeness (QED) is 0.840. The minimum atomic E-state index is 0.00769. The maximum absolute atomic E-state index is 12.2. The number of hydrogen-bond acceptors (Lipinski definition) is 2. The molecule has 0 aliphatic heterocycles. The van der Waals surface area contributed by atoms with Gasteiger partial charge in [0.1, 0.15) is 0 Å². The zero-order valence-electron chi connectivity index (χ0n) is 10.5. The summed E-state index contributed by atoms with van der Waals surface area (Å²) in [6, 6.07) is 15.2. The third kappa shape index (κ3) is 3.85. The van der Waals surface area contributed by atoms with Gasteiger partial charge in [0, 0.05) is 28.5 Å². The maximum Gasteiger partial charge on any atom is 0.253 e. The standard InChI is InChI=1S/C15H14BrNOS/c1-17(10-11-3-2-4-13(16)9-11)15(18)12-5-7-14(19)8-6-12/h2-9,19H,10H2,1H3. The van der Waals surface area contributed by atoms with Crippen LogP contribution in [-0.2, 0) is 6.54 Å². The van der Waals surface area contributed by atoms with Gasteiger partial charge in [0.15, 0.2) is 0 Å². The molecule has 0 radical (unpaired) electrons. The number of thiol groups is 1. The lowest BCUT2D eigenvalue weighted by Crippen LogP contribution is -2.26. The summed E-state index contributed by atoms with van der Waals surface area (Å²) in [7, 11) is 1.80. The van der Waals surface area contributed by atoms with E-state index in [9.17, 15) is 4.79 Å². The molecule has 2 nitrogen and oxygen atoms in total. The predicted octanol–water partition coefficient (Wildman–Crippen LogP) is 4.01. The summed E-state index contributed by atoms with van der Waals surface area (Å²) in [6.45, 7) is 0.584. The van der Waals surface area contributed by atoms with Crippen molar-refractivity contribution in [3.05, 3.63) is 64.1 Å². The molecule has 0 aromatic heterocycles. The van der Waals surface area contributed by atoms with Crippen molar-refractivity contribution in [3.8, 4) is 0 Å². The molecule has 0 saturated carbocycles. The van der Waals surface area contributed by atoms with Crippen LogP contribution in [0.4, 0.5) is 0 Å². The van der Waals surface area contributed by atoms with Gasteiger partial charge < -0.3 is 4.90 Å². The molecule has 2 aromatic rings. The lowest BCUT2D eigenvalue weighted by molar-refractivity contribution is 0.0785. The molecule has 0 aliphatic rings. The van der Waals surface area contributed by atoms with Crippen LogP contribution in [0, 0.1) is 0 Å². The summed E-state index contributed by atoms with van der Waals surface area (Å²) in [6.07, 6.45) is 0. The van der Waals surface area contributed by atoms with Crippen LogP contribution in [0.25, 0.3) is 0 Å². The smallest absolute Gasteiger partial charge is 0.253 e. The van der Waals surface area contributed by atoms with Crippen molar-refractivity contribution in [1.29, 1.82) is 0 Å². The van der Waals surface area contributed by atoms with Crippen LogP contribution in [0.15, 0.2) is 57.9 Å². The Balaban J connectivity index is 2.09. The SMILES string of the molecule is CN(Cc1cccc(Br)c1)C(=O)c1ccc(S)cc1. The van der Waals surface area contributed by atoms with E-state index >= 15 is 0 Å². The number of rotatable bonds is 3. The monoisotopic (exact) mass is 335 g/mol. The normalized spacial score (nSPS) is 10.3. The molecule has 98 valence electrons. The van der Waals surface area contributed by atoms with Gasteiger partial charge in [0.05, 0.1) is 0 Å². The second kappa shape index (κ2) is 6.26. The molecular weight excluding hydrogens is 322 g/mol. The Bertz CT molecular complexity index is 583. The van der Waals surface area contributed by atoms with Crippen LogP contribution >= 0.6 is 28.6 Å². The molecule has 19 heavy (non-hydrogen) atoms. The Labute approximate surface area is 127 Å². The van der Waals surface area contributed by atoms with Crippen molar-refractivity contribution in [1.82, 2.24) is 4.90 Å². The first kappa shape index (κ1) is 14.2. The van der Waals surface area contributed by atoms with Gasteiger partial charge in [0.25, 0.3) is 5.91 Å². The van der Waals surface area contributed by atoms with Crippen LogP contribution in [0.3, 0.4) is 0 Å². The summed E-state index contributed by atoms with van der Waals surface area (Å²) in [5.41, 5.74) is 1.77. The van der Waals surface area contributed by atoms with E-state index in [1.165, 1.54) is 0 Å². The van der Waals surface area contributed by atoms with Crippen molar-refractivity contribution < 1.29 is 4.79 Å². The van der Waals surface area contributed by atoms with E-state index in [1.807, 2.05) is 36.4 Å². The lowest BCUT2D eigenvalue weighted by Gasteiger charge is -2.17. The van der Waals surface area contributed by atoms with Gasteiger partial charge in [-0.25, -0.2) is 0 Å². The zero-order valence-corrected chi connectivity index (χ0v) is 13.0. The first-order valence-corrected chi connectivity index (χ1v) is 7.09. The fraction of sp³-hybridized carbons (Fsp3) is 0.133. The van der Waals surface area contributed by atoms with E-state index in [0.717, 1.165) is 14.9 Å². The first-order chi connectivity index (χ1) is 9.06. The Kier molecular flexibility index (Phi) is 4.66. The highest BCUT2D eigenvalue weighted by Crippen LogP contribution is 2.15. The van der Waals surface area contributed by atoms with E-state index in [0.29, 0.717) is 12.1 Å². The molecule has 0 aliphatic carbocycles. The average molecular weight is 336 g/mol. The molecule has 0 fully saturated rings. The summed E-state index contributed by atoms with van der Waals surface area (Å²) in [5.74, 6) is 0.00769. The number of amides is 1. The highest BCUT2D eigenvalue weighted by molar-refractivity contribution is 9.10. The average Bonchev–Trinajstić information content (AvgIpc) is 2.39. The number of hydrogen-bond donors (Lipinski definition) is 1. The van der Waals surface area contributed by atoms with E-state index in [-0.39, 0.29) is 5.91 Å². The number of benzene rings is 2. The van der Waals surface area contributed by atoms with Gasteiger partial charge in [-0.3, -0.25) is 4.79 Å². The van der Waals surface area contributed by atoms with Gasteiger partial charge in [-0.1, -0.05) is 28.1 Å². The number of carbonyl (C=O) groups is 1. The summed E-state index contributed by atoms with van der Waals surface area (Å²) >= 11 is 7.64. The Morgan fingerprint density at radius 3 is 2.53 bits per heavy atom. The van der Waals surface area contributed by atoms with Gasteiger partial charge in [-0.05, 0) is 42.0 Å². The zero-order chi connectivity index (χ0) is 13.8. The van der Waals surface area contributed by atoms with E-state index < -0.39 is 0 Å². The van der Waals surface area contributed by atoms with Gasteiger partial charge >= 0.3 is 0 Å². The molecule has 0 unspecified atom stereocenters. The maximum atomic E-state index is 12.2. The number of nitrogens with zero attached hydrogens (tertiary/aromatic N) is 1. The molecule has 2 aromatic carbocycles. The van der Waals surface area contributed by atoms with Gasteiger partial charge in [-0.15, -0.1) is 12.6 Å². The van der Waals surface area contributed by atoms with Gasteiger partial charge in [-0.2, -0.15) is 0 Å². The first-order valence-electron chi connectivity index (χ1n) is 5.85. The molecule has 4 heteroatoms. The summed E-state index contributed by atoms with van der Waals surface area (Å²) < 4.78 is 1.02. The van der Waals surface area contributed by atoms with Crippen molar-refractivity contribution in [2.45, 2.75) is 11.4 Å². The minimum Gasteiger partial charge on any atom is -0.337 e. The fourth-order valence-corrected chi connectivity index (χ4v) is 2.40. The Morgan fingerprint density at radius 1 is 1.21 bits per heavy atom. The van der Waals surface area contributed by atoms with Crippen LogP contribution in [0.1, 0.15) is 15.9 Å². The molecule has 0 spiro atoms. The lowest BCUT2D eigenvalue weighted by atomic mass is 10.1. The summed E-state index contributed by atoms with van der Waals surface area (Å²) in [4.78, 5) is 14.8. The van der Waals surface area contributed by atoms with Crippen LogP contribution < -0.4 is 0 Å². The van der Waals surface area contributed by atoms with Crippen molar-refractivity contribution in [2.75, 3.05) is 7.05 Å². The molecule has 0 atom stereocenters. The van der Waals surface area contributed by atoms with E-state index in [4.69, 9.17) is 0 Å². The molecular formula is C15H14BrNOS. The Morgan fingerprint density at radius 2 is 1.89 bits per heavy atom. The van der Waals surface area contributed by atoms with Crippen molar-refractivity contribution in [3.63, 3.8) is 0 Å². The predicted molar refractivity (Wildman–Crippen MR) is 83.6 cm³/mol. The van der Waals surface area contributed by atoms with Crippen molar-refractivity contribution in [2.24, 2.45) is 0 Å². The molecule has 0 heterocycles. The van der Waals surface area contributed by atoms with Crippen molar-refractivity contribution >= 4 is 34.5 Å². The molecule has 1 amide bonds. The van der Waals surface area contributed by atoms with Gasteiger partial charge in [0.2, 0.25) is 0 Å². The molecule has 0 N–H and O–H groups in total. The topological polar surface area (TPSA) is 20.3 Å². The molecule has 0 bridgehead atoms. The largest absolute Gasteiger partial charge is 0.337 e. The summed E-state index contributed by atoms with van der Waals surface area (Å²) in [5, 5.41) is 0. The van der Waals surface area contributed by atoms with E-state index in [2.05, 4.69) is 28.6 Å². The Hall–Kier alpha value is -1.26. The molecule has 0 saturated heterocycles. The minimum absolute atomic E-state index is 0.00769. The number of carbonyl (C=O) groups excluding carboxylic acids is 1. The van der Waals surface area contributed by atoms with Crippen LogP contribution in [0.5, 0.6) is 0 Å². The van der Waals surface area contributed by atoms with E-state index in [1.54, 1.807) is 24.1 Å². The second-order valence-electron chi connectivity index (χ2n) is 4.34. The second-order valence-corrected chi connectivity index (χ2v) is 5.77. The van der Waals surface area contributed by atoms with Crippen LogP contribution in [0.2, 0.25) is 0 Å². The highest BCUT2D eigenvalue weighted by Gasteiger charge is 2.11. The third-order valence-electron chi connectivity index (χ3n) is 2.77. The number of halogens is 1. The fourth-order valence-electron chi connectivity index (χ4n) is 1.81.